The number of amides is 1. The fraction of sp³-hybridized carbons (Fsp3) is 0.312. The Morgan fingerprint density at radius 3 is 2.56 bits per heavy atom. The molecule has 1 atom stereocenters. The second kappa shape index (κ2) is 7.16. The number of nitrogens with zero attached hydrogens (tertiary/aromatic N) is 3. The van der Waals surface area contributed by atoms with Crippen molar-refractivity contribution in [2.24, 2.45) is 11.1 Å². The van der Waals surface area contributed by atoms with Gasteiger partial charge in [0.1, 0.15) is 0 Å². The Labute approximate surface area is 146 Å². The molecule has 0 saturated carbocycles. The number of rotatable bonds is 5. The zero-order chi connectivity index (χ0) is 17.9. The lowest BCUT2D eigenvalue weighted by Crippen LogP contribution is -2.31. The van der Waals surface area contributed by atoms with Gasteiger partial charge >= 0.3 is 0 Å². The summed E-state index contributed by atoms with van der Waals surface area (Å²) in [6, 6.07) is 9.47. The maximum absolute atomic E-state index is 12.5. The van der Waals surface area contributed by atoms with Crippen LogP contribution in [0.15, 0.2) is 42.7 Å². The number of benzene rings is 1. The average molecular weight is 361 g/mol. The summed E-state index contributed by atoms with van der Waals surface area (Å²) in [5.41, 5.74) is 1.22. The van der Waals surface area contributed by atoms with Crippen LogP contribution in [0, 0.1) is 5.92 Å². The van der Waals surface area contributed by atoms with Crippen molar-refractivity contribution in [2.45, 2.75) is 6.42 Å². The van der Waals surface area contributed by atoms with Crippen molar-refractivity contribution in [2.75, 3.05) is 24.2 Å². The summed E-state index contributed by atoms with van der Waals surface area (Å²) in [4.78, 5) is 22.4. The molecule has 2 heterocycles. The standard InChI is InChI=1S/C16H19N5O3S/c17-25(23,24)11-12-6-7-21(10-12)15(22)13-8-18-16(19-9-13)20-14-4-2-1-3-5-14/h1-5,8-9,12H,6-7,10-11H2,(H2,17,23,24)(H,18,19,20)/t12-/m1/s1. The minimum absolute atomic E-state index is 0.104. The van der Waals surface area contributed by atoms with Crippen LogP contribution in [0.4, 0.5) is 11.6 Å². The summed E-state index contributed by atoms with van der Waals surface area (Å²) in [5.74, 6) is -0.0360. The Kier molecular flexibility index (Phi) is 4.95. The van der Waals surface area contributed by atoms with Crippen LogP contribution in [-0.4, -0.2) is 48.0 Å². The number of likely N-dealkylation sites (tertiary alicyclic amines) is 1. The van der Waals surface area contributed by atoms with Gasteiger partial charge < -0.3 is 10.2 Å². The second-order valence-electron chi connectivity index (χ2n) is 6.02. The molecule has 132 valence electrons. The minimum atomic E-state index is -3.53. The molecule has 1 aromatic carbocycles. The maximum Gasteiger partial charge on any atom is 0.257 e. The van der Waals surface area contributed by atoms with E-state index >= 15 is 0 Å². The summed E-state index contributed by atoms with van der Waals surface area (Å²) in [7, 11) is -3.53. The topological polar surface area (TPSA) is 118 Å². The zero-order valence-corrected chi connectivity index (χ0v) is 14.3. The number of anilines is 2. The molecule has 0 unspecified atom stereocenters. The molecule has 2 aromatic rings. The third-order valence-corrected chi connectivity index (χ3v) is 4.91. The molecule has 0 radical (unpaired) electrons. The van der Waals surface area contributed by atoms with Crippen LogP contribution in [0.5, 0.6) is 0 Å². The first-order valence-corrected chi connectivity index (χ1v) is 9.56. The van der Waals surface area contributed by atoms with Gasteiger partial charge in [-0.2, -0.15) is 0 Å². The minimum Gasteiger partial charge on any atom is -0.338 e. The molecular weight excluding hydrogens is 342 g/mol. The number of aromatic nitrogens is 2. The maximum atomic E-state index is 12.5. The van der Waals surface area contributed by atoms with Gasteiger partial charge in [0.15, 0.2) is 0 Å². The van der Waals surface area contributed by atoms with Gasteiger partial charge in [0.25, 0.3) is 5.91 Å². The monoisotopic (exact) mass is 361 g/mol. The van der Waals surface area contributed by atoms with E-state index in [0.717, 1.165) is 5.69 Å². The van der Waals surface area contributed by atoms with Gasteiger partial charge in [-0.3, -0.25) is 4.79 Å². The fourth-order valence-corrected chi connectivity index (χ4v) is 3.75. The number of carbonyl (C=O) groups excluding carboxylic acids is 1. The SMILES string of the molecule is NS(=O)(=O)C[C@@H]1CCN(C(=O)c2cnc(Nc3ccccc3)nc2)C1. The molecule has 3 rings (SSSR count). The molecule has 0 spiro atoms. The van der Waals surface area contributed by atoms with Crippen LogP contribution in [0.3, 0.4) is 0 Å². The number of nitrogens with two attached hydrogens (primary N) is 1. The lowest BCUT2D eigenvalue weighted by atomic mass is 10.2. The third-order valence-electron chi connectivity index (χ3n) is 3.97. The number of carbonyl (C=O) groups is 1. The number of para-hydroxylation sites is 1. The van der Waals surface area contributed by atoms with E-state index in [2.05, 4.69) is 15.3 Å². The van der Waals surface area contributed by atoms with Crippen molar-refractivity contribution in [3.8, 4) is 0 Å². The molecule has 1 amide bonds. The zero-order valence-electron chi connectivity index (χ0n) is 13.5. The molecule has 9 heteroatoms. The molecule has 0 bridgehead atoms. The van der Waals surface area contributed by atoms with Crippen LogP contribution in [-0.2, 0) is 10.0 Å². The summed E-state index contributed by atoms with van der Waals surface area (Å²) in [6.07, 6.45) is 3.55. The van der Waals surface area contributed by atoms with Crippen LogP contribution in [0.1, 0.15) is 16.8 Å². The van der Waals surface area contributed by atoms with Crippen molar-refractivity contribution in [1.82, 2.24) is 14.9 Å². The molecule has 25 heavy (non-hydrogen) atoms. The lowest BCUT2D eigenvalue weighted by Gasteiger charge is -2.16. The van der Waals surface area contributed by atoms with E-state index in [0.29, 0.717) is 31.0 Å². The molecule has 1 aliphatic rings. The highest BCUT2D eigenvalue weighted by molar-refractivity contribution is 7.89. The second-order valence-corrected chi connectivity index (χ2v) is 7.68. The van der Waals surface area contributed by atoms with Gasteiger partial charge in [-0.15, -0.1) is 0 Å². The van der Waals surface area contributed by atoms with Crippen LogP contribution >= 0.6 is 0 Å². The fourth-order valence-electron chi connectivity index (χ4n) is 2.82. The molecular formula is C16H19N5O3S. The van der Waals surface area contributed by atoms with E-state index in [1.807, 2.05) is 30.3 Å². The van der Waals surface area contributed by atoms with Crippen LogP contribution < -0.4 is 10.5 Å². The average Bonchev–Trinajstić information content (AvgIpc) is 3.02. The van der Waals surface area contributed by atoms with Gasteiger partial charge in [0.2, 0.25) is 16.0 Å². The van der Waals surface area contributed by atoms with Crippen molar-refractivity contribution in [1.29, 1.82) is 0 Å². The Bertz CT molecular complexity index is 840. The largest absolute Gasteiger partial charge is 0.338 e. The highest BCUT2D eigenvalue weighted by atomic mass is 32.2. The third kappa shape index (κ3) is 4.74. The number of hydrogen-bond acceptors (Lipinski definition) is 6. The smallest absolute Gasteiger partial charge is 0.257 e. The molecule has 1 aliphatic heterocycles. The molecule has 0 aliphatic carbocycles. The van der Waals surface area contributed by atoms with Gasteiger partial charge in [-0.05, 0) is 24.5 Å². The first-order valence-electron chi connectivity index (χ1n) is 7.84. The Morgan fingerprint density at radius 2 is 1.92 bits per heavy atom. The van der Waals surface area contributed by atoms with Crippen molar-refractivity contribution >= 4 is 27.6 Å². The number of hydrogen-bond donors (Lipinski definition) is 2. The van der Waals surface area contributed by atoms with E-state index in [4.69, 9.17) is 5.14 Å². The van der Waals surface area contributed by atoms with Gasteiger partial charge in [-0.1, -0.05) is 18.2 Å². The predicted molar refractivity (Wildman–Crippen MR) is 93.7 cm³/mol. The Morgan fingerprint density at radius 1 is 1.24 bits per heavy atom. The molecule has 1 aromatic heterocycles. The predicted octanol–water partition coefficient (Wildman–Crippen LogP) is 0.971. The normalized spacial score (nSPS) is 17.5. The Hall–Kier alpha value is -2.52. The summed E-state index contributed by atoms with van der Waals surface area (Å²) < 4.78 is 22.3. The molecule has 1 fully saturated rings. The summed E-state index contributed by atoms with van der Waals surface area (Å²) in [6.45, 7) is 0.877. The highest BCUT2D eigenvalue weighted by Crippen LogP contribution is 2.20. The summed E-state index contributed by atoms with van der Waals surface area (Å²) >= 11 is 0. The Balaban J connectivity index is 1.61. The van der Waals surface area contributed by atoms with Crippen LogP contribution in [0.2, 0.25) is 0 Å². The number of sulfonamides is 1. The van der Waals surface area contributed by atoms with Crippen LogP contribution in [0.25, 0.3) is 0 Å². The van der Waals surface area contributed by atoms with E-state index in [-0.39, 0.29) is 17.6 Å². The quantitative estimate of drug-likeness (QED) is 0.819. The van der Waals surface area contributed by atoms with Crippen molar-refractivity contribution < 1.29 is 13.2 Å². The number of primary sulfonamides is 1. The van der Waals surface area contributed by atoms with Gasteiger partial charge in [0.05, 0.1) is 11.3 Å². The first-order chi connectivity index (χ1) is 11.9. The van der Waals surface area contributed by atoms with Crippen molar-refractivity contribution in [3.05, 3.63) is 48.3 Å². The van der Waals surface area contributed by atoms with E-state index in [1.165, 1.54) is 12.4 Å². The van der Waals surface area contributed by atoms with Gasteiger partial charge in [-0.25, -0.2) is 23.5 Å². The highest BCUT2D eigenvalue weighted by Gasteiger charge is 2.29. The molecule has 3 N–H and O–H groups in total. The first kappa shape index (κ1) is 17.3. The summed E-state index contributed by atoms with van der Waals surface area (Å²) in [5, 5.41) is 8.11. The van der Waals surface area contributed by atoms with E-state index in [1.54, 1.807) is 4.90 Å². The van der Waals surface area contributed by atoms with E-state index < -0.39 is 10.0 Å². The molecule has 8 nitrogen and oxygen atoms in total. The van der Waals surface area contributed by atoms with Crippen molar-refractivity contribution in [3.63, 3.8) is 0 Å². The van der Waals surface area contributed by atoms with Gasteiger partial charge in [0, 0.05) is 31.2 Å². The number of nitrogens with one attached hydrogen (secondary N) is 1. The lowest BCUT2D eigenvalue weighted by molar-refractivity contribution is 0.0787. The van der Waals surface area contributed by atoms with E-state index in [9.17, 15) is 13.2 Å². The molecule has 1 saturated heterocycles.